The smallest absolute Gasteiger partial charge is 0.309 e. The van der Waals surface area contributed by atoms with Crippen molar-refractivity contribution < 1.29 is 19.4 Å². The van der Waals surface area contributed by atoms with E-state index in [1.54, 1.807) is 0 Å². The van der Waals surface area contributed by atoms with Crippen LogP contribution in [-0.4, -0.2) is 37.0 Å². The summed E-state index contributed by atoms with van der Waals surface area (Å²) < 4.78 is 11.2. The van der Waals surface area contributed by atoms with Crippen LogP contribution < -0.4 is 0 Å². The Hall–Kier alpha value is -0.610. The van der Waals surface area contributed by atoms with E-state index in [9.17, 15) is 9.90 Å². The van der Waals surface area contributed by atoms with Gasteiger partial charge in [0.25, 0.3) is 0 Å². The number of hydrogen-bond acceptors (Lipinski definition) is 3. The van der Waals surface area contributed by atoms with E-state index in [1.165, 1.54) is 0 Å². The third kappa shape index (κ3) is 3.68. The SMILES string of the molecule is O=C(O)C1CCCCCC1OCC1CCOC1. The fourth-order valence-corrected chi connectivity index (χ4v) is 2.73. The minimum atomic E-state index is -0.695. The molecule has 1 aliphatic heterocycles. The maximum Gasteiger partial charge on any atom is 0.309 e. The topological polar surface area (TPSA) is 55.8 Å². The molecule has 0 aromatic carbocycles. The van der Waals surface area contributed by atoms with Gasteiger partial charge >= 0.3 is 5.97 Å². The van der Waals surface area contributed by atoms with Gasteiger partial charge in [0.2, 0.25) is 0 Å². The number of rotatable bonds is 4. The molecule has 3 atom stereocenters. The van der Waals surface area contributed by atoms with Crippen molar-refractivity contribution in [3.63, 3.8) is 0 Å². The molecule has 2 rings (SSSR count). The molecular formula is C13H22O4. The first-order valence-electron chi connectivity index (χ1n) is 6.69. The summed E-state index contributed by atoms with van der Waals surface area (Å²) in [6.45, 7) is 2.25. The van der Waals surface area contributed by atoms with Crippen LogP contribution in [0.25, 0.3) is 0 Å². The molecule has 3 unspecified atom stereocenters. The van der Waals surface area contributed by atoms with Crippen molar-refractivity contribution in [1.29, 1.82) is 0 Å². The summed E-state index contributed by atoms with van der Waals surface area (Å²) in [5.41, 5.74) is 0. The molecule has 98 valence electrons. The van der Waals surface area contributed by atoms with Crippen molar-refractivity contribution in [3.05, 3.63) is 0 Å². The lowest BCUT2D eigenvalue weighted by atomic mass is 9.97. The highest BCUT2D eigenvalue weighted by molar-refractivity contribution is 5.70. The normalized spacial score (nSPS) is 34.5. The van der Waals surface area contributed by atoms with E-state index in [1.807, 2.05) is 0 Å². The second kappa shape index (κ2) is 6.36. The molecule has 1 heterocycles. The summed E-state index contributed by atoms with van der Waals surface area (Å²) in [5, 5.41) is 9.22. The molecule has 0 radical (unpaired) electrons. The standard InChI is InChI=1S/C13H22O4/c14-13(15)11-4-2-1-3-5-12(11)17-9-10-6-7-16-8-10/h10-12H,1-9H2,(H,14,15). The number of ether oxygens (including phenoxy) is 2. The Bertz CT molecular complexity index is 248. The molecule has 2 aliphatic rings. The van der Waals surface area contributed by atoms with Gasteiger partial charge in [0, 0.05) is 12.5 Å². The van der Waals surface area contributed by atoms with E-state index >= 15 is 0 Å². The van der Waals surface area contributed by atoms with Crippen molar-refractivity contribution in [2.24, 2.45) is 11.8 Å². The van der Waals surface area contributed by atoms with Gasteiger partial charge in [-0.25, -0.2) is 0 Å². The lowest BCUT2D eigenvalue weighted by Crippen LogP contribution is -2.31. The Kier molecular flexibility index (Phi) is 4.80. The predicted molar refractivity (Wildman–Crippen MR) is 62.9 cm³/mol. The molecule has 0 aromatic rings. The van der Waals surface area contributed by atoms with Gasteiger partial charge < -0.3 is 14.6 Å². The maximum absolute atomic E-state index is 11.2. The van der Waals surface area contributed by atoms with E-state index < -0.39 is 5.97 Å². The Morgan fingerprint density at radius 1 is 1.24 bits per heavy atom. The van der Waals surface area contributed by atoms with Crippen LogP contribution in [0.2, 0.25) is 0 Å². The minimum absolute atomic E-state index is 0.0874. The number of carboxylic acids is 1. The van der Waals surface area contributed by atoms with Crippen molar-refractivity contribution in [2.75, 3.05) is 19.8 Å². The molecular weight excluding hydrogens is 220 g/mol. The zero-order chi connectivity index (χ0) is 12.1. The summed E-state index contributed by atoms with van der Waals surface area (Å²) in [5.74, 6) is -0.535. The highest BCUT2D eigenvalue weighted by atomic mass is 16.5. The van der Waals surface area contributed by atoms with Crippen LogP contribution in [-0.2, 0) is 14.3 Å². The highest BCUT2D eigenvalue weighted by Gasteiger charge is 2.31. The number of carboxylic acid groups (broad SMARTS) is 1. The van der Waals surface area contributed by atoms with Crippen molar-refractivity contribution in [1.82, 2.24) is 0 Å². The number of carbonyl (C=O) groups is 1. The molecule has 1 saturated carbocycles. The zero-order valence-electron chi connectivity index (χ0n) is 10.3. The third-order valence-corrected chi connectivity index (χ3v) is 3.84. The molecule has 0 bridgehead atoms. The maximum atomic E-state index is 11.2. The molecule has 0 spiro atoms. The van der Waals surface area contributed by atoms with Crippen LogP contribution in [0.4, 0.5) is 0 Å². The Balaban J connectivity index is 1.83. The molecule has 2 fully saturated rings. The van der Waals surface area contributed by atoms with Crippen molar-refractivity contribution >= 4 is 5.97 Å². The Labute approximate surface area is 102 Å². The van der Waals surface area contributed by atoms with Gasteiger partial charge in [-0.05, 0) is 19.3 Å². The van der Waals surface area contributed by atoms with Gasteiger partial charge in [-0.15, -0.1) is 0 Å². The first-order chi connectivity index (χ1) is 8.27. The molecule has 0 amide bonds. The van der Waals surface area contributed by atoms with E-state index in [0.29, 0.717) is 12.5 Å². The third-order valence-electron chi connectivity index (χ3n) is 3.84. The predicted octanol–water partition coefficient (Wildman–Crippen LogP) is 2.07. The monoisotopic (exact) mass is 242 g/mol. The molecule has 4 nitrogen and oxygen atoms in total. The van der Waals surface area contributed by atoms with E-state index in [2.05, 4.69) is 0 Å². The van der Waals surface area contributed by atoms with Crippen LogP contribution in [0.3, 0.4) is 0 Å². The first kappa shape index (κ1) is 12.8. The van der Waals surface area contributed by atoms with Crippen LogP contribution in [0.5, 0.6) is 0 Å². The summed E-state index contributed by atoms with van der Waals surface area (Å²) in [6.07, 6.45) is 5.86. The lowest BCUT2D eigenvalue weighted by molar-refractivity contribution is -0.148. The number of aliphatic carboxylic acids is 1. The average Bonchev–Trinajstić information content (AvgIpc) is 2.70. The largest absolute Gasteiger partial charge is 0.481 e. The van der Waals surface area contributed by atoms with E-state index in [4.69, 9.17) is 9.47 Å². The molecule has 4 heteroatoms. The fourth-order valence-electron chi connectivity index (χ4n) is 2.73. The minimum Gasteiger partial charge on any atom is -0.481 e. The first-order valence-corrected chi connectivity index (χ1v) is 6.69. The highest BCUT2D eigenvalue weighted by Crippen LogP contribution is 2.27. The molecule has 1 saturated heterocycles. The second-order valence-corrected chi connectivity index (χ2v) is 5.18. The van der Waals surface area contributed by atoms with Gasteiger partial charge in [0.15, 0.2) is 0 Å². The quantitative estimate of drug-likeness (QED) is 0.767. The second-order valence-electron chi connectivity index (χ2n) is 5.18. The Morgan fingerprint density at radius 2 is 2.06 bits per heavy atom. The van der Waals surface area contributed by atoms with Gasteiger partial charge in [-0.2, -0.15) is 0 Å². The van der Waals surface area contributed by atoms with Crippen LogP contribution >= 0.6 is 0 Å². The summed E-state index contributed by atoms with van der Waals surface area (Å²) >= 11 is 0. The fraction of sp³-hybridized carbons (Fsp3) is 0.923. The molecule has 1 aliphatic carbocycles. The average molecular weight is 242 g/mol. The van der Waals surface area contributed by atoms with E-state index in [-0.39, 0.29) is 12.0 Å². The van der Waals surface area contributed by atoms with Crippen molar-refractivity contribution in [2.45, 2.75) is 44.6 Å². The van der Waals surface area contributed by atoms with E-state index in [0.717, 1.165) is 51.7 Å². The van der Waals surface area contributed by atoms with Crippen LogP contribution in [0.15, 0.2) is 0 Å². The molecule has 17 heavy (non-hydrogen) atoms. The van der Waals surface area contributed by atoms with Crippen LogP contribution in [0.1, 0.15) is 38.5 Å². The number of hydrogen-bond donors (Lipinski definition) is 1. The molecule has 0 aromatic heterocycles. The van der Waals surface area contributed by atoms with Gasteiger partial charge in [-0.3, -0.25) is 4.79 Å². The van der Waals surface area contributed by atoms with Gasteiger partial charge in [0.1, 0.15) is 0 Å². The zero-order valence-corrected chi connectivity index (χ0v) is 10.3. The van der Waals surface area contributed by atoms with Crippen molar-refractivity contribution in [3.8, 4) is 0 Å². The van der Waals surface area contributed by atoms with Gasteiger partial charge in [0.05, 0.1) is 25.2 Å². The summed E-state index contributed by atoms with van der Waals surface area (Å²) in [6, 6.07) is 0. The Morgan fingerprint density at radius 3 is 2.76 bits per heavy atom. The molecule has 1 N–H and O–H groups in total. The summed E-state index contributed by atoms with van der Waals surface area (Å²) in [7, 11) is 0. The summed E-state index contributed by atoms with van der Waals surface area (Å²) in [4.78, 5) is 11.2. The van der Waals surface area contributed by atoms with Gasteiger partial charge in [-0.1, -0.05) is 19.3 Å². The lowest BCUT2D eigenvalue weighted by Gasteiger charge is -2.23. The van der Waals surface area contributed by atoms with Crippen LogP contribution in [0, 0.1) is 11.8 Å².